The number of H-pyrrole nitrogens is 1. The number of nitrogens with one attached hydrogen (secondary N) is 1. The van der Waals surface area contributed by atoms with Gasteiger partial charge in [-0.1, -0.05) is 69.0 Å². The Kier molecular flexibility index (Phi) is 6.53. The molecule has 0 saturated carbocycles. The number of hydrogen-bond acceptors (Lipinski definition) is 1. The third-order valence-corrected chi connectivity index (χ3v) is 7.19. The van der Waals surface area contributed by atoms with Crippen LogP contribution in [-0.2, 0) is 21.1 Å². The van der Waals surface area contributed by atoms with Gasteiger partial charge < -0.3 is 4.98 Å². The maximum absolute atomic E-state index is 4.60. The van der Waals surface area contributed by atoms with Crippen LogP contribution in [0, 0.1) is 67.9 Å². The number of rotatable bonds is 3. The van der Waals surface area contributed by atoms with E-state index >= 15 is 0 Å². The van der Waals surface area contributed by atoms with Crippen molar-refractivity contribution in [2.24, 2.45) is 0 Å². The first-order valence-corrected chi connectivity index (χ1v) is 10.6. The minimum Gasteiger partial charge on any atom is -0.385 e. The number of hydrogen-bond donors (Lipinski definition) is 1. The molecule has 31 heavy (non-hydrogen) atoms. The van der Waals surface area contributed by atoms with Crippen LogP contribution in [-0.4, -0.2) is 9.97 Å². The molecule has 0 saturated heterocycles. The van der Waals surface area contributed by atoms with Crippen molar-refractivity contribution in [3.05, 3.63) is 92.6 Å². The maximum Gasteiger partial charge on any atom is 2.00 e. The van der Waals surface area contributed by atoms with Gasteiger partial charge in [-0.15, -0.1) is 68.6 Å². The number of benzene rings is 2. The zero-order valence-corrected chi connectivity index (χ0v) is 22.7. The minimum atomic E-state index is 0. The molecule has 0 bridgehead atoms. The molecule has 4 rings (SSSR count). The van der Waals surface area contributed by atoms with Gasteiger partial charge in [0.25, 0.3) is 0 Å². The van der Waals surface area contributed by atoms with Crippen LogP contribution in [0.2, 0.25) is 0 Å². The summed E-state index contributed by atoms with van der Waals surface area (Å²) < 4.78 is 0. The molecule has 158 valence electrons. The van der Waals surface area contributed by atoms with Gasteiger partial charge in [0.1, 0.15) is 0 Å². The summed E-state index contributed by atoms with van der Waals surface area (Å²) in [5.41, 5.74) is 16.5. The fourth-order valence-corrected chi connectivity index (χ4v) is 4.46. The van der Waals surface area contributed by atoms with Gasteiger partial charge in [0, 0.05) is 6.20 Å². The third kappa shape index (κ3) is 3.76. The van der Waals surface area contributed by atoms with E-state index in [1.54, 1.807) is 0 Å². The predicted octanol–water partition coefficient (Wildman–Crippen LogP) is 7.10. The van der Waals surface area contributed by atoms with Crippen molar-refractivity contribution in [1.82, 2.24) is 9.97 Å². The Hall–Kier alpha value is -2.31. The zero-order chi connectivity index (χ0) is 21.7. The monoisotopic (exact) mass is 578 g/mol. The predicted molar refractivity (Wildman–Crippen MR) is 127 cm³/mol. The van der Waals surface area contributed by atoms with Crippen molar-refractivity contribution in [3.8, 4) is 11.1 Å². The average Bonchev–Trinajstić information content (AvgIpc) is 3.15. The van der Waals surface area contributed by atoms with E-state index in [1.807, 2.05) is 6.20 Å². The summed E-state index contributed by atoms with van der Waals surface area (Å²) in [7, 11) is 0. The molecule has 0 aliphatic carbocycles. The zero-order valence-electron chi connectivity index (χ0n) is 19.7. The van der Waals surface area contributed by atoms with Gasteiger partial charge in [-0.25, -0.2) is 4.98 Å². The summed E-state index contributed by atoms with van der Waals surface area (Å²) in [6.07, 6.45) is 6.29. The largest absolute Gasteiger partial charge is 2.00 e. The summed E-state index contributed by atoms with van der Waals surface area (Å²) in [5, 5.41) is 1.16. The molecule has 0 radical (unpaired) electrons. The van der Waals surface area contributed by atoms with Gasteiger partial charge in [-0.3, -0.25) is 0 Å². The Balaban J connectivity index is 0.00000272. The van der Waals surface area contributed by atoms with E-state index in [0.29, 0.717) is 0 Å². The topological polar surface area (TPSA) is 28.7 Å². The van der Waals surface area contributed by atoms with E-state index in [2.05, 4.69) is 96.2 Å². The van der Waals surface area contributed by atoms with Gasteiger partial charge in [-0.2, -0.15) is 0 Å². The third-order valence-electron chi connectivity index (χ3n) is 7.19. The first kappa shape index (κ1) is 23.4. The minimum absolute atomic E-state index is 0. The summed E-state index contributed by atoms with van der Waals surface area (Å²) >= 11 is 0. The molecule has 3 heteroatoms. The number of nitrogens with zero attached hydrogens (tertiary/aromatic N) is 1. The molecule has 2 nitrogen and oxygen atoms in total. The second-order valence-corrected chi connectivity index (χ2v) is 8.61. The molecule has 0 aliphatic rings. The Labute approximate surface area is 200 Å². The molecule has 2 aromatic carbocycles. The quantitative estimate of drug-likeness (QED) is 0.259. The van der Waals surface area contributed by atoms with Crippen molar-refractivity contribution in [1.29, 1.82) is 0 Å². The van der Waals surface area contributed by atoms with Crippen LogP contribution < -0.4 is 0 Å². The number of pyridine rings is 1. The van der Waals surface area contributed by atoms with Crippen molar-refractivity contribution in [2.75, 3.05) is 0 Å². The Morgan fingerprint density at radius 2 is 1.42 bits per heavy atom. The molecule has 4 aromatic rings. The van der Waals surface area contributed by atoms with Crippen molar-refractivity contribution >= 4 is 11.0 Å². The SMILES string of the molecule is Cc1c[c-]c(-c2ccnc3[nH]cc([CH-]c4c(C)c(C)c(C)c(C)c4C)c23)c(C)c1C.[W+2]. The van der Waals surface area contributed by atoms with E-state index in [1.165, 1.54) is 61.2 Å². The molecule has 0 spiro atoms. The van der Waals surface area contributed by atoms with Gasteiger partial charge >= 0.3 is 21.1 Å². The Morgan fingerprint density at radius 1 is 0.806 bits per heavy atom. The van der Waals surface area contributed by atoms with Crippen LogP contribution in [0.5, 0.6) is 0 Å². The van der Waals surface area contributed by atoms with Crippen molar-refractivity contribution < 1.29 is 21.1 Å². The Bertz CT molecular complexity index is 1270. The number of fused-ring (bicyclic) bond motifs is 1. The van der Waals surface area contributed by atoms with Crippen LogP contribution in [0.3, 0.4) is 0 Å². The molecular formula is C28H30N2W. The second kappa shape index (κ2) is 8.67. The molecule has 0 aliphatic heterocycles. The van der Waals surface area contributed by atoms with Gasteiger partial charge in [-0.05, 0) is 20.8 Å². The van der Waals surface area contributed by atoms with Crippen LogP contribution in [0.15, 0.2) is 24.5 Å². The molecule has 1 N–H and O–H groups in total. The van der Waals surface area contributed by atoms with Crippen LogP contribution >= 0.6 is 0 Å². The average molecular weight is 578 g/mol. The first-order chi connectivity index (χ1) is 14.2. The van der Waals surface area contributed by atoms with Crippen LogP contribution in [0.25, 0.3) is 22.2 Å². The van der Waals surface area contributed by atoms with E-state index in [0.717, 1.165) is 16.6 Å². The van der Waals surface area contributed by atoms with Crippen LogP contribution in [0.4, 0.5) is 0 Å². The maximum atomic E-state index is 4.60. The molecule has 0 atom stereocenters. The summed E-state index contributed by atoms with van der Waals surface area (Å²) in [6, 6.07) is 7.74. The molecule has 0 amide bonds. The summed E-state index contributed by atoms with van der Waals surface area (Å²) in [5.74, 6) is 0. The van der Waals surface area contributed by atoms with Crippen LogP contribution in [0.1, 0.15) is 55.6 Å². The van der Waals surface area contributed by atoms with Gasteiger partial charge in [0.05, 0.1) is 5.65 Å². The molecular weight excluding hydrogens is 548 g/mol. The number of aromatic nitrogens is 2. The molecule has 2 heterocycles. The van der Waals surface area contributed by atoms with E-state index in [9.17, 15) is 0 Å². The van der Waals surface area contributed by atoms with Crippen molar-refractivity contribution in [3.63, 3.8) is 0 Å². The first-order valence-electron chi connectivity index (χ1n) is 10.6. The summed E-state index contributed by atoms with van der Waals surface area (Å²) in [6.45, 7) is 17.7. The molecule has 2 aromatic heterocycles. The fraction of sp³-hybridized carbons (Fsp3) is 0.286. The van der Waals surface area contributed by atoms with Gasteiger partial charge in [0.15, 0.2) is 0 Å². The number of aryl methyl sites for hydroxylation is 1. The van der Waals surface area contributed by atoms with E-state index < -0.39 is 0 Å². The normalized spacial score (nSPS) is 11.0. The smallest absolute Gasteiger partial charge is 0.385 e. The Morgan fingerprint density at radius 3 is 2.06 bits per heavy atom. The second-order valence-electron chi connectivity index (χ2n) is 8.61. The fourth-order valence-electron chi connectivity index (χ4n) is 4.46. The number of aromatic amines is 1. The standard InChI is InChI=1S/C28H30N2.W/c1-15-9-10-24(20(6)16(15)2)25-11-12-29-28-27(25)23(14-30-28)13-26-21(7)18(4)17(3)19(5)22(26)8;/h9,11-14H,1-8H3,(H,29,30);/q-2;+2. The van der Waals surface area contributed by atoms with E-state index in [-0.39, 0.29) is 21.1 Å². The summed E-state index contributed by atoms with van der Waals surface area (Å²) in [4.78, 5) is 7.99. The van der Waals surface area contributed by atoms with Crippen molar-refractivity contribution in [2.45, 2.75) is 55.4 Å². The molecule has 0 unspecified atom stereocenters. The molecule has 0 fully saturated rings. The van der Waals surface area contributed by atoms with E-state index in [4.69, 9.17) is 0 Å². The van der Waals surface area contributed by atoms with Gasteiger partial charge in [0.2, 0.25) is 0 Å².